The summed E-state index contributed by atoms with van der Waals surface area (Å²) >= 11 is 0. The number of hydrogen-bond donors (Lipinski definition) is 1. The molecule has 5 heteroatoms. The predicted octanol–water partition coefficient (Wildman–Crippen LogP) is -3.71. The van der Waals surface area contributed by atoms with Crippen molar-refractivity contribution in [2.75, 3.05) is 0 Å². The Morgan fingerprint density at radius 1 is 1.71 bits per heavy atom. The number of carbonyl (C=O) groups is 1. The Morgan fingerprint density at radius 3 is 1.71 bits per heavy atom. The van der Waals surface area contributed by atoms with Crippen LogP contribution in [-0.2, 0) is 24.3 Å². The molecule has 0 heterocycles. The van der Waals surface area contributed by atoms with Gasteiger partial charge in [-0.25, -0.2) is 0 Å². The van der Waals surface area contributed by atoms with Gasteiger partial charge in [0.25, 0.3) is 5.97 Å². The van der Waals surface area contributed by atoms with Gasteiger partial charge in [-0.3, -0.25) is 4.79 Å². The van der Waals surface area contributed by atoms with Crippen LogP contribution in [0.5, 0.6) is 0 Å². The quantitative estimate of drug-likeness (QED) is 0.465. The number of carboxylic acid groups (broad SMARTS) is 1. The third-order valence-corrected chi connectivity index (χ3v) is 0. The summed E-state index contributed by atoms with van der Waals surface area (Å²) in [4.78, 5) is 9.00. The summed E-state index contributed by atoms with van der Waals surface area (Å²) in [6.45, 7) is 1.08. The maximum atomic E-state index is 9.00. The van der Waals surface area contributed by atoms with Gasteiger partial charge in [0.2, 0.25) is 0 Å². The second-order valence-electron chi connectivity index (χ2n) is 0.519. The van der Waals surface area contributed by atoms with E-state index >= 15 is 0 Å². The molecule has 0 aliphatic carbocycles. The maximum Gasteiger partial charge on any atom is 0 e. The Balaban J connectivity index is -0.00000000750. The molecule has 7 heavy (non-hydrogen) atoms. The zero-order chi connectivity index (χ0) is 3.58. The van der Waals surface area contributed by atoms with Gasteiger partial charge in [-0.05, 0) is 0 Å². The predicted molar refractivity (Wildman–Crippen MR) is 23.0 cm³/mol. The molecule has 0 atom stereocenters. The van der Waals surface area contributed by atoms with E-state index in [9.17, 15) is 0 Å². The Kier molecular flexibility index (Phi) is 51.2. The van der Waals surface area contributed by atoms with Gasteiger partial charge >= 0.3 is 75.3 Å². The summed E-state index contributed by atoms with van der Waals surface area (Å²) in [5, 5.41) is 7.42. The summed E-state index contributed by atoms with van der Waals surface area (Å²) in [5.74, 6) is -0.833. The molecule has 0 aliphatic heterocycles. The number of aliphatic carboxylic acids is 1. The zero-order valence-corrected chi connectivity index (χ0v) is 14.9. The van der Waals surface area contributed by atoms with Crippen molar-refractivity contribution in [3.63, 3.8) is 0 Å². The third kappa shape index (κ3) is 56.9. The second kappa shape index (κ2) is 15.8. The van der Waals surface area contributed by atoms with E-state index in [0.717, 1.165) is 6.92 Å². The summed E-state index contributed by atoms with van der Waals surface area (Å²) in [5.41, 5.74) is 0. The Bertz CT molecular complexity index is 43.0. The molecule has 0 amide bonds. The molecule has 0 aliphatic rings. The Hall–Kier alpha value is 2.53. The fourth-order valence-electron chi connectivity index (χ4n) is 0. The number of rotatable bonds is 0. The van der Waals surface area contributed by atoms with Crippen LogP contribution in [-0.4, -0.2) is 35.0 Å². The smallest absolute Gasteiger partial charge is 0 e. The second-order valence-corrected chi connectivity index (χ2v) is 0.519. The first-order chi connectivity index (χ1) is 1.73. The van der Waals surface area contributed by atoms with Crippen molar-refractivity contribution in [2.45, 2.75) is 6.92 Å². The van der Waals surface area contributed by atoms with Gasteiger partial charge in [0.1, 0.15) is 0 Å². The van der Waals surface area contributed by atoms with Crippen molar-refractivity contribution in [1.29, 1.82) is 0 Å². The van der Waals surface area contributed by atoms with Crippen LogP contribution in [0.25, 0.3) is 0 Å². The molecule has 34 valence electrons. The Labute approximate surface area is 116 Å². The summed E-state index contributed by atoms with van der Waals surface area (Å²) < 4.78 is 0. The monoisotopic (exact) mass is 286 g/mol. The molecule has 0 saturated heterocycles. The minimum Gasteiger partial charge on any atom is 0 e. The molecular formula is C2H7KO2SnZn. The van der Waals surface area contributed by atoms with Gasteiger partial charge in [-0.1, -0.05) is 0 Å². The van der Waals surface area contributed by atoms with Crippen molar-refractivity contribution < 1.29 is 82.2 Å². The van der Waals surface area contributed by atoms with Gasteiger partial charge in [-0.15, -0.1) is 0 Å². The van der Waals surface area contributed by atoms with Gasteiger partial charge in [0, 0.05) is 26.4 Å². The first kappa shape index (κ1) is 22.7. The van der Waals surface area contributed by atoms with Crippen LogP contribution in [0.15, 0.2) is 0 Å². The molecule has 2 radical (unpaired) electrons. The molecule has 0 spiro atoms. The van der Waals surface area contributed by atoms with E-state index in [1.54, 1.807) is 0 Å². The van der Waals surface area contributed by atoms with Crippen LogP contribution in [0.2, 0.25) is 0 Å². The van der Waals surface area contributed by atoms with E-state index in [0.29, 0.717) is 0 Å². The third-order valence-electron chi connectivity index (χ3n) is 0. The fraction of sp³-hybridized carbons (Fsp3) is 0.500. The first-order valence-electron chi connectivity index (χ1n) is 0.928. The molecule has 0 rings (SSSR count). The summed E-state index contributed by atoms with van der Waals surface area (Å²) in [6, 6.07) is 0. The molecule has 0 aromatic rings. The average Bonchev–Trinajstić information content (AvgIpc) is 0.811. The maximum absolute atomic E-state index is 9.00. The molecular weight excluding hydrogens is 279 g/mol. The summed E-state index contributed by atoms with van der Waals surface area (Å²) in [6.07, 6.45) is 0. The molecule has 0 saturated carbocycles. The van der Waals surface area contributed by atoms with Crippen molar-refractivity contribution in [3.05, 3.63) is 0 Å². The fourth-order valence-corrected chi connectivity index (χ4v) is 0. The van der Waals surface area contributed by atoms with E-state index in [4.69, 9.17) is 9.90 Å². The average molecular weight is 286 g/mol. The van der Waals surface area contributed by atoms with Crippen LogP contribution < -0.4 is 51.4 Å². The molecule has 0 unspecified atom stereocenters. The van der Waals surface area contributed by atoms with E-state index in [1.165, 1.54) is 0 Å². The standard InChI is InChI=1S/C2H4O2.K.Sn.Zn.3H/c1-2(3)4;;;;;;/h1H3,(H,3,4);;;;;;/q;+1;;;;;-1. The van der Waals surface area contributed by atoms with Crippen molar-refractivity contribution in [1.82, 2.24) is 0 Å². The topological polar surface area (TPSA) is 37.3 Å². The van der Waals surface area contributed by atoms with Crippen molar-refractivity contribution >= 4 is 29.9 Å². The number of hydrogen-bond acceptors (Lipinski definition) is 1. The minimum absolute atomic E-state index is 0. The largest absolute Gasteiger partial charge is 0 e. The van der Waals surface area contributed by atoms with Crippen molar-refractivity contribution in [2.24, 2.45) is 0 Å². The van der Waals surface area contributed by atoms with Gasteiger partial charge in [0.15, 0.2) is 0 Å². The molecule has 0 aromatic carbocycles. The van der Waals surface area contributed by atoms with Crippen LogP contribution in [0.1, 0.15) is 8.35 Å². The summed E-state index contributed by atoms with van der Waals surface area (Å²) in [7, 11) is 0. The first-order valence-corrected chi connectivity index (χ1v) is 0.928. The van der Waals surface area contributed by atoms with E-state index < -0.39 is 5.97 Å². The van der Waals surface area contributed by atoms with E-state index in [1.807, 2.05) is 0 Å². The van der Waals surface area contributed by atoms with Crippen LogP contribution in [0, 0.1) is 0 Å². The molecule has 0 aromatic heterocycles. The normalized spacial score (nSPS) is 3.57. The van der Waals surface area contributed by atoms with Crippen LogP contribution >= 0.6 is 0 Å². The zero-order valence-electron chi connectivity index (χ0n) is 5.77. The molecule has 2 nitrogen and oxygen atoms in total. The molecule has 0 fully saturated rings. The van der Waals surface area contributed by atoms with Gasteiger partial charge in [-0.2, -0.15) is 0 Å². The molecule has 1 N–H and O–H groups in total. The van der Waals surface area contributed by atoms with Gasteiger partial charge in [0.05, 0.1) is 0 Å². The number of carboxylic acids is 1. The van der Waals surface area contributed by atoms with Crippen LogP contribution in [0.3, 0.4) is 0 Å². The van der Waals surface area contributed by atoms with Crippen molar-refractivity contribution in [3.8, 4) is 0 Å². The molecule has 0 bridgehead atoms. The van der Waals surface area contributed by atoms with E-state index in [2.05, 4.69) is 0 Å². The minimum atomic E-state index is -0.833. The van der Waals surface area contributed by atoms with Crippen LogP contribution in [0.4, 0.5) is 0 Å². The van der Waals surface area contributed by atoms with E-state index in [-0.39, 0.29) is 96.2 Å². The Morgan fingerprint density at radius 2 is 1.71 bits per heavy atom. The van der Waals surface area contributed by atoms with Gasteiger partial charge < -0.3 is 6.53 Å². The SMILES string of the molecule is CC(=O)O.[H-].[K+].[SnH2].[Zn].